The summed E-state index contributed by atoms with van der Waals surface area (Å²) >= 11 is 1.37. The van der Waals surface area contributed by atoms with E-state index in [4.69, 9.17) is 9.15 Å². The van der Waals surface area contributed by atoms with E-state index in [2.05, 4.69) is 10.2 Å². The number of carbonyl (C=O) groups is 1. The summed E-state index contributed by atoms with van der Waals surface area (Å²) in [6, 6.07) is 15.0. The van der Waals surface area contributed by atoms with Crippen molar-refractivity contribution in [3.63, 3.8) is 0 Å². The molecule has 0 aliphatic rings. The molecule has 0 saturated heterocycles. The molecule has 4 aromatic rings. The van der Waals surface area contributed by atoms with Gasteiger partial charge in [0.1, 0.15) is 5.82 Å². The average molecular weight is 465 g/mol. The third-order valence-corrected chi connectivity index (χ3v) is 5.49. The highest BCUT2D eigenvalue weighted by molar-refractivity contribution is 7.11. The molecular weight excluding hydrogens is 449 g/mol. The summed E-state index contributed by atoms with van der Waals surface area (Å²) in [4.78, 5) is 23.9. The molecule has 0 aliphatic carbocycles. The van der Waals surface area contributed by atoms with Crippen LogP contribution in [-0.2, 0) is 9.53 Å². The van der Waals surface area contributed by atoms with Crippen molar-refractivity contribution in [3.05, 3.63) is 98.3 Å². The van der Waals surface area contributed by atoms with Crippen LogP contribution in [0.25, 0.3) is 23.1 Å². The number of rotatable bonds is 7. The van der Waals surface area contributed by atoms with Gasteiger partial charge in [-0.2, -0.15) is 0 Å². The lowest BCUT2D eigenvalue weighted by Crippen LogP contribution is -2.10. The molecule has 10 heteroatoms. The van der Waals surface area contributed by atoms with Gasteiger partial charge in [0.25, 0.3) is 11.6 Å². The van der Waals surface area contributed by atoms with Gasteiger partial charge in [-0.15, -0.1) is 21.5 Å². The molecular formula is C23H16FN3O5S. The van der Waals surface area contributed by atoms with Crippen LogP contribution in [0.5, 0.6) is 0 Å². The van der Waals surface area contributed by atoms with Crippen LogP contribution in [0.15, 0.2) is 70.5 Å². The van der Waals surface area contributed by atoms with E-state index in [-0.39, 0.29) is 23.3 Å². The Morgan fingerprint density at radius 2 is 1.88 bits per heavy atom. The second kappa shape index (κ2) is 9.53. The first kappa shape index (κ1) is 22.0. The summed E-state index contributed by atoms with van der Waals surface area (Å²) in [7, 11) is 0. The summed E-state index contributed by atoms with van der Waals surface area (Å²) in [5.41, 5.74) is 1.38. The van der Waals surface area contributed by atoms with E-state index in [0.717, 1.165) is 0 Å². The number of nitro benzene ring substituents is 1. The number of aromatic nitrogens is 2. The quantitative estimate of drug-likeness (QED) is 0.149. The van der Waals surface area contributed by atoms with E-state index in [1.54, 1.807) is 31.2 Å². The Labute approximate surface area is 191 Å². The highest BCUT2D eigenvalue weighted by Crippen LogP contribution is 2.28. The van der Waals surface area contributed by atoms with Crippen molar-refractivity contribution in [2.75, 3.05) is 0 Å². The van der Waals surface area contributed by atoms with Crippen molar-refractivity contribution >= 4 is 34.6 Å². The second-order valence-electron chi connectivity index (χ2n) is 6.88. The zero-order valence-corrected chi connectivity index (χ0v) is 18.0. The Hall–Kier alpha value is -4.18. The van der Waals surface area contributed by atoms with E-state index in [1.165, 1.54) is 47.7 Å². The number of nitro groups is 1. The molecule has 0 spiro atoms. The molecule has 0 radical (unpaired) electrons. The minimum Gasteiger partial charge on any atom is -0.449 e. The van der Waals surface area contributed by atoms with E-state index in [1.807, 2.05) is 11.4 Å². The number of nitrogens with zero attached hydrogens (tertiary/aromatic N) is 3. The SMILES string of the molecule is CC(OC(=O)C(=Cc1ccc(F)cc1)c1cccs1)c1nnc(-c2ccc([N+](=O)[O-])cc2)o1. The zero-order valence-electron chi connectivity index (χ0n) is 17.2. The molecule has 4 rings (SSSR count). The topological polar surface area (TPSA) is 108 Å². The Balaban J connectivity index is 1.53. The Morgan fingerprint density at radius 3 is 2.52 bits per heavy atom. The molecule has 0 saturated carbocycles. The zero-order chi connectivity index (χ0) is 23.4. The van der Waals surface area contributed by atoms with Gasteiger partial charge in [-0.1, -0.05) is 18.2 Å². The van der Waals surface area contributed by atoms with Gasteiger partial charge in [-0.3, -0.25) is 10.1 Å². The maximum absolute atomic E-state index is 13.2. The number of ether oxygens (including phenoxy) is 1. The normalized spacial score (nSPS) is 12.4. The second-order valence-corrected chi connectivity index (χ2v) is 7.83. The van der Waals surface area contributed by atoms with Gasteiger partial charge in [0.15, 0.2) is 6.10 Å². The molecule has 2 heterocycles. The van der Waals surface area contributed by atoms with Crippen LogP contribution in [-0.4, -0.2) is 21.1 Å². The van der Waals surface area contributed by atoms with Crippen LogP contribution >= 0.6 is 11.3 Å². The standard InChI is InChI=1S/C23H16FN3O5S/c1-14(21-25-26-22(32-21)16-6-10-18(11-7-16)27(29)30)31-23(28)19(20-3-2-12-33-20)13-15-4-8-17(24)9-5-15/h2-14H,1H3. The highest BCUT2D eigenvalue weighted by Gasteiger charge is 2.23. The maximum Gasteiger partial charge on any atom is 0.340 e. The van der Waals surface area contributed by atoms with Gasteiger partial charge >= 0.3 is 5.97 Å². The summed E-state index contributed by atoms with van der Waals surface area (Å²) in [6.07, 6.45) is 0.768. The van der Waals surface area contributed by atoms with Crippen LogP contribution in [0.1, 0.15) is 29.4 Å². The van der Waals surface area contributed by atoms with Crippen LogP contribution < -0.4 is 0 Å². The van der Waals surface area contributed by atoms with Gasteiger partial charge in [0, 0.05) is 22.6 Å². The van der Waals surface area contributed by atoms with Gasteiger partial charge in [-0.05, 0) is 54.3 Å². The molecule has 1 atom stereocenters. The lowest BCUT2D eigenvalue weighted by atomic mass is 10.1. The lowest BCUT2D eigenvalue weighted by molar-refractivity contribution is -0.384. The fourth-order valence-corrected chi connectivity index (χ4v) is 3.63. The van der Waals surface area contributed by atoms with Crippen LogP contribution in [0.3, 0.4) is 0 Å². The van der Waals surface area contributed by atoms with Crippen molar-refractivity contribution in [2.24, 2.45) is 0 Å². The number of esters is 1. The number of thiophene rings is 1. The van der Waals surface area contributed by atoms with E-state index < -0.39 is 17.0 Å². The largest absolute Gasteiger partial charge is 0.449 e. The van der Waals surface area contributed by atoms with Crippen molar-refractivity contribution in [1.82, 2.24) is 10.2 Å². The molecule has 2 aromatic heterocycles. The van der Waals surface area contributed by atoms with E-state index in [9.17, 15) is 19.3 Å². The average Bonchev–Trinajstić information content (AvgIpc) is 3.51. The van der Waals surface area contributed by atoms with Gasteiger partial charge < -0.3 is 9.15 Å². The number of benzene rings is 2. The Bertz CT molecular complexity index is 1300. The molecule has 0 amide bonds. The van der Waals surface area contributed by atoms with Gasteiger partial charge in [0.05, 0.1) is 10.5 Å². The lowest BCUT2D eigenvalue weighted by Gasteiger charge is -2.11. The molecule has 0 bridgehead atoms. The van der Waals surface area contributed by atoms with Crippen molar-refractivity contribution in [3.8, 4) is 11.5 Å². The predicted octanol–water partition coefficient (Wildman–Crippen LogP) is 5.69. The highest BCUT2D eigenvalue weighted by atomic mass is 32.1. The van der Waals surface area contributed by atoms with Gasteiger partial charge in [-0.25, -0.2) is 9.18 Å². The number of non-ortho nitro benzene ring substituents is 1. The van der Waals surface area contributed by atoms with Crippen LogP contribution in [0, 0.1) is 15.9 Å². The van der Waals surface area contributed by atoms with E-state index >= 15 is 0 Å². The molecule has 0 N–H and O–H groups in total. The summed E-state index contributed by atoms with van der Waals surface area (Å²) in [5, 5.41) is 20.5. The third-order valence-electron chi connectivity index (χ3n) is 4.58. The van der Waals surface area contributed by atoms with Crippen LogP contribution in [0.2, 0.25) is 0 Å². The molecule has 1 unspecified atom stereocenters. The molecule has 0 fully saturated rings. The fraction of sp³-hybridized carbons (Fsp3) is 0.0870. The number of halogens is 1. The third kappa shape index (κ3) is 5.18. The fourth-order valence-electron chi connectivity index (χ4n) is 2.90. The predicted molar refractivity (Wildman–Crippen MR) is 119 cm³/mol. The van der Waals surface area contributed by atoms with Crippen molar-refractivity contribution in [2.45, 2.75) is 13.0 Å². The summed E-state index contributed by atoms with van der Waals surface area (Å²) in [5.74, 6) is -0.766. The monoisotopic (exact) mass is 465 g/mol. The summed E-state index contributed by atoms with van der Waals surface area (Å²) in [6.45, 7) is 1.59. The molecule has 166 valence electrons. The molecule has 2 aromatic carbocycles. The first-order valence-corrected chi connectivity index (χ1v) is 10.6. The first-order valence-electron chi connectivity index (χ1n) is 9.71. The smallest absolute Gasteiger partial charge is 0.340 e. The van der Waals surface area contributed by atoms with Crippen molar-refractivity contribution < 1.29 is 23.3 Å². The number of hydrogen-bond donors (Lipinski definition) is 0. The van der Waals surface area contributed by atoms with E-state index in [0.29, 0.717) is 21.6 Å². The number of hydrogen-bond acceptors (Lipinski definition) is 8. The van der Waals surface area contributed by atoms with Gasteiger partial charge in [0.2, 0.25) is 5.89 Å². The Morgan fingerprint density at radius 1 is 1.15 bits per heavy atom. The number of carbonyl (C=O) groups excluding carboxylic acids is 1. The molecule has 33 heavy (non-hydrogen) atoms. The first-order chi connectivity index (χ1) is 15.9. The Kier molecular flexibility index (Phi) is 6.36. The maximum atomic E-state index is 13.2. The summed E-state index contributed by atoms with van der Waals surface area (Å²) < 4.78 is 24.4. The van der Waals surface area contributed by atoms with Crippen molar-refractivity contribution in [1.29, 1.82) is 0 Å². The van der Waals surface area contributed by atoms with Crippen LogP contribution in [0.4, 0.5) is 10.1 Å². The minimum atomic E-state index is -0.853. The minimum absolute atomic E-state index is 0.0603. The molecule has 8 nitrogen and oxygen atoms in total. The molecule has 0 aliphatic heterocycles.